The van der Waals surface area contributed by atoms with Crippen molar-refractivity contribution in [1.29, 1.82) is 0 Å². The van der Waals surface area contributed by atoms with Crippen molar-refractivity contribution in [3.63, 3.8) is 0 Å². The molecule has 2 aliphatic rings. The number of hydrogen-bond acceptors (Lipinski definition) is 15. The first-order chi connectivity index (χ1) is 19.4. The largest absolute Gasteiger partial charge is 0.508 e. The molecule has 8 atom stereocenters. The third kappa shape index (κ3) is 5.19. The van der Waals surface area contributed by atoms with Gasteiger partial charge in [0.25, 0.3) is 0 Å². The molecule has 222 valence electrons. The minimum absolute atomic E-state index is 0.0126. The molecule has 2 aliphatic heterocycles. The number of aromatic hydroxyl groups is 3. The van der Waals surface area contributed by atoms with Crippen molar-refractivity contribution in [3.05, 3.63) is 46.8 Å². The van der Waals surface area contributed by atoms with E-state index in [2.05, 4.69) is 0 Å². The zero-order valence-electron chi connectivity index (χ0n) is 21.1. The lowest BCUT2D eigenvalue weighted by atomic mass is 9.99. The van der Waals surface area contributed by atoms with E-state index in [0.29, 0.717) is 5.56 Å². The van der Waals surface area contributed by atoms with Crippen molar-refractivity contribution in [1.82, 2.24) is 0 Å². The van der Waals surface area contributed by atoms with Crippen LogP contribution in [0.5, 0.6) is 23.0 Å². The van der Waals surface area contributed by atoms with Crippen molar-refractivity contribution in [3.8, 4) is 34.1 Å². The van der Waals surface area contributed by atoms with Crippen LogP contribution in [0.15, 0.2) is 45.8 Å². The number of rotatable bonds is 7. The number of benzene rings is 2. The highest BCUT2D eigenvalue weighted by Gasteiger charge is 2.50. The predicted molar refractivity (Wildman–Crippen MR) is 134 cm³/mol. The van der Waals surface area contributed by atoms with Crippen molar-refractivity contribution in [2.24, 2.45) is 0 Å². The fourth-order valence-corrected chi connectivity index (χ4v) is 4.60. The first kappa shape index (κ1) is 29.0. The molecule has 0 radical (unpaired) electrons. The Hall–Kier alpha value is -3.51. The van der Waals surface area contributed by atoms with Gasteiger partial charge in [0.2, 0.25) is 17.5 Å². The minimum Gasteiger partial charge on any atom is -0.508 e. The van der Waals surface area contributed by atoms with E-state index in [4.69, 9.17) is 23.4 Å². The van der Waals surface area contributed by atoms with E-state index in [1.165, 1.54) is 24.3 Å². The molecule has 2 aromatic carbocycles. The second-order valence-corrected chi connectivity index (χ2v) is 9.83. The molecule has 0 saturated carbocycles. The maximum Gasteiger partial charge on any atom is 0.229 e. The topological polar surface area (TPSA) is 249 Å². The zero-order chi connectivity index (χ0) is 29.6. The molecule has 15 nitrogen and oxygen atoms in total. The van der Waals surface area contributed by atoms with E-state index >= 15 is 0 Å². The third-order valence-electron chi connectivity index (χ3n) is 7.05. The van der Waals surface area contributed by atoms with Gasteiger partial charge < -0.3 is 69.3 Å². The molecule has 0 spiro atoms. The van der Waals surface area contributed by atoms with E-state index in [1.54, 1.807) is 0 Å². The van der Waals surface area contributed by atoms with E-state index in [9.17, 15) is 50.8 Å². The summed E-state index contributed by atoms with van der Waals surface area (Å²) in [6, 6.07) is 6.39. The standard InChI is InChI=1S/C26H28O15/c27-8-26(36)9-39-25(23(26)35)38-7-15-18(32)19(33)20(34)24(40-15)41-21-14(30)5-13(29)16-17(31)12(6-37-22(16)21)10-1-3-11(28)4-2-10/h1-6,15,18-20,23-25,27-30,32-36H,7-9H2/t15-,18-,19+,20-,23-,24+,25+,26-/m1/s1. The summed E-state index contributed by atoms with van der Waals surface area (Å²) in [6.45, 7) is -1.81. The molecule has 2 saturated heterocycles. The molecule has 5 rings (SSSR count). The molecule has 9 N–H and O–H groups in total. The number of ether oxygens (including phenoxy) is 4. The van der Waals surface area contributed by atoms with Gasteiger partial charge in [0.15, 0.2) is 17.6 Å². The Bertz CT molecular complexity index is 1460. The van der Waals surface area contributed by atoms with Crippen LogP contribution >= 0.6 is 0 Å². The molecule has 0 amide bonds. The van der Waals surface area contributed by atoms with Crippen LogP contribution in [0.3, 0.4) is 0 Å². The van der Waals surface area contributed by atoms with Crippen LogP contribution in [0.4, 0.5) is 0 Å². The highest BCUT2D eigenvalue weighted by molar-refractivity contribution is 5.93. The summed E-state index contributed by atoms with van der Waals surface area (Å²) >= 11 is 0. The van der Waals surface area contributed by atoms with Gasteiger partial charge in [0, 0.05) is 6.07 Å². The van der Waals surface area contributed by atoms with E-state index in [1.807, 2.05) is 0 Å². The van der Waals surface area contributed by atoms with Crippen LogP contribution in [0.1, 0.15) is 0 Å². The Labute approximate surface area is 230 Å². The highest BCUT2D eigenvalue weighted by atomic mass is 16.7. The number of aliphatic hydroxyl groups is 6. The fourth-order valence-electron chi connectivity index (χ4n) is 4.60. The summed E-state index contributed by atoms with van der Waals surface area (Å²) in [4.78, 5) is 13.3. The van der Waals surface area contributed by atoms with Crippen molar-refractivity contribution in [2.75, 3.05) is 19.8 Å². The maximum absolute atomic E-state index is 13.3. The monoisotopic (exact) mass is 580 g/mol. The molecule has 15 heteroatoms. The molecular weight excluding hydrogens is 552 g/mol. The van der Waals surface area contributed by atoms with E-state index < -0.39 is 102 Å². The summed E-state index contributed by atoms with van der Waals surface area (Å²) in [7, 11) is 0. The van der Waals surface area contributed by atoms with Gasteiger partial charge in [-0.25, -0.2) is 0 Å². The predicted octanol–water partition coefficient (Wildman–Crippen LogP) is -1.78. The fraction of sp³-hybridized carbons (Fsp3) is 0.423. The second kappa shape index (κ2) is 11.1. The number of hydrogen-bond donors (Lipinski definition) is 9. The summed E-state index contributed by atoms with van der Waals surface area (Å²) < 4.78 is 27.2. The lowest BCUT2D eigenvalue weighted by molar-refractivity contribution is -0.289. The van der Waals surface area contributed by atoms with Crippen LogP contribution in [0.2, 0.25) is 0 Å². The molecule has 3 heterocycles. The highest BCUT2D eigenvalue weighted by Crippen LogP contribution is 2.41. The van der Waals surface area contributed by atoms with Crippen molar-refractivity contribution < 1.29 is 69.3 Å². The molecule has 0 unspecified atom stereocenters. The van der Waals surface area contributed by atoms with Gasteiger partial charge in [0.1, 0.15) is 59.3 Å². The molecule has 0 aliphatic carbocycles. The third-order valence-corrected chi connectivity index (χ3v) is 7.05. The SMILES string of the molecule is O=c1c(-c2ccc(O)cc2)coc2c(O[C@@H]3O[C@H](CO[C@H]4OC[C@](O)(CO)[C@@H]4O)[C@@H](O)[C@H](O)[C@H]3O)c(O)cc(O)c12. The van der Waals surface area contributed by atoms with E-state index in [0.717, 1.165) is 12.3 Å². The van der Waals surface area contributed by atoms with Gasteiger partial charge in [0.05, 0.1) is 25.4 Å². The van der Waals surface area contributed by atoms with Gasteiger partial charge in [-0.15, -0.1) is 0 Å². The average Bonchev–Trinajstić information content (AvgIpc) is 3.24. The molecule has 3 aromatic rings. The molecule has 2 fully saturated rings. The van der Waals surface area contributed by atoms with Gasteiger partial charge >= 0.3 is 0 Å². The van der Waals surface area contributed by atoms with Gasteiger partial charge in [-0.2, -0.15) is 0 Å². The molecule has 0 bridgehead atoms. The van der Waals surface area contributed by atoms with Gasteiger partial charge in [-0.3, -0.25) is 4.79 Å². The Morgan fingerprint density at radius 1 is 0.951 bits per heavy atom. The summed E-state index contributed by atoms with van der Waals surface area (Å²) in [6.07, 6.45) is -10.7. The van der Waals surface area contributed by atoms with Crippen LogP contribution in [-0.2, 0) is 14.2 Å². The normalized spacial score (nSPS) is 31.9. The summed E-state index contributed by atoms with van der Waals surface area (Å²) in [5.41, 5.74) is -2.75. The van der Waals surface area contributed by atoms with Crippen molar-refractivity contribution in [2.45, 2.75) is 48.7 Å². The Kier molecular flexibility index (Phi) is 7.82. The Morgan fingerprint density at radius 2 is 1.66 bits per heavy atom. The van der Waals surface area contributed by atoms with E-state index in [-0.39, 0.29) is 11.3 Å². The van der Waals surface area contributed by atoms with Crippen LogP contribution < -0.4 is 10.2 Å². The lowest BCUT2D eigenvalue weighted by Gasteiger charge is -2.40. The van der Waals surface area contributed by atoms with Crippen LogP contribution in [-0.4, -0.2) is 114 Å². The van der Waals surface area contributed by atoms with Crippen molar-refractivity contribution >= 4 is 11.0 Å². The summed E-state index contributed by atoms with van der Waals surface area (Å²) in [5.74, 6) is -1.94. The smallest absolute Gasteiger partial charge is 0.229 e. The number of fused-ring (bicyclic) bond motifs is 1. The molecular formula is C26H28O15. The quantitative estimate of drug-likeness (QED) is 0.150. The van der Waals surface area contributed by atoms with Gasteiger partial charge in [-0.05, 0) is 17.7 Å². The number of aliphatic hydroxyl groups excluding tert-OH is 5. The Morgan fingerprint density at radius 3 is 2.32 bits per heavy atom. The zero-order valence-corrected chi connectivity index (χ0v) is 21.1. The second-order valence-electron chi connectivity index (χ2n) is 9.83. The van der Waals surface area contributed by atoms with Crippen LogP contribution in [0.25, 0.3) is 22.1 Å². The Balaban J connectivity index is 1.41. The number of phenolic OH excluding ortho intramolecular Hbond substituents is 3. The molecule has 41 heavy (non-hydrogen) atoms. The first-order valence-corrected chi connectivity index (χ1v) is 12.4. The maximum atomic E-state index is 13.3. The molecule has 1 aromatic heterocycles. The number of phenols is 3. The lowest BCUT2D eigenvalue weighted by Crippen LogP contribution is -2.60. The van der Waals surface area contributed by atoms with Gasteiger partial charge in [-0.1, -0.05) is 12.1 Å². The minimum atomic E-state index is -1.97. The first-order valence-electron chi connectivity index (χ1n) is 12.4. The summed E-state index contributed by atoms with van der Waals surface area (Å²) in [5, 5.41) is 91.0. The van der Waals surface area contributed by atoms with Crippen LogP contribution in [0, 0.1) is 0 Å². The average molecular weight is 580 g/mol.